The van der Waals surface area contributed by atoms with E-state index in [2.05, 4.69) is 32.4 Å². The van der Waals surface area contributed by atoms with Crippen molar-refractivity contribution in [2.24, 2.45) is 17.8 Å². The monoisotopic (exact) mass is 328 g/mol. The van der Waals surface area contributed by atoms with Gasteiger partial charge in [-0.15, -0.1) is 0 Å². The van der Waals surface area contributed by atoms with Crippen LogP contribution in [0.3, 0.4) is 0 Å². The van der Waals surface area contributed by atoms with E-state index in [4.69, 9.17) is 16.9 Å². The Morgan fingerprint density at radius 2 is 1.81 bits per heavy atom. The first kappa shape index (κ1) is 18.0. The zero-order chi connectivity index (χ0) is 16.2. The molecule has 0 spiro atoms. The Kier molecular flexibility index (Phi) is 6.21. The van der Waals surface area contributed by atoms with E-state index in [9.17, 15) is 8.42 Å². The second kappa shape index (κ2) is 7.26. The Labute approximate surface area is 132 Å². The van der Waals surface area contributed by atoms with Gasteiger partial charge in [0.2, 0.25) is 10.0 Å². The summed E-state index contributed by atoms with van der Waals surface area (Å²) in [5, 5.41) is 8.99. The van der Waals surface area contributed by atoms with E-state index in [0.29, 0.717) is 18.4 Å². The summed E-state index contributed by atoms with van der Waals surface area (Å²) in [5.74, 6) is 0.972. The summed E-state index contributed by atoms with van der Waals surface area (Å²) in [5.41, 5.74) is 0.268. The van der Waals surface area contributed by atoms with Gasteiger partial charge in [-0.2, -0.15) is 5.26 Å². The third kappa shape index (κ3) is 4.70. The number of benzene rings is 1. The fourth-order valence-electron chi connectivity index (χ4n) is 2.30. The molecule has 0 aromatic heterocycles. The van der Waals surface area contributed by atoms with Crippen LogP contribution in [0.25, 0.3) is 0 Å². The molecule has 0 heterocycles. The van der Waals surface area contributed by atoms with Crippen molar-refractivity contribution in [2.45, 2.75) is 32.6 Å². The SMILES string of the molecule is CC(C)C(CNS(=O)(=O)c1cc(C#N)ccc1Cl)C(C)C. The number of hydrogen-bond donors (Lipinski definition) is 1. The first-order valence-corrected chi connectivity index (χ1v) is 8.74. The number of nitriles is 1. The Balaban J connectivity index is 3.00. The maximum absolute atomic E-state index is 12.4. The molecule has 0 aliphatic carbocycles. The van der Waals surface area contributed by atoms with Crippen molar-refractivity contribution in [1.29, 1.82) is 5.26 Å². The van der Waals surface area contributed by atoms with Gasteiger partial charge in [-0.1, -0.05) is 39.3 Å². The van der Waals surface area contributed by atoms with Crippen LogP contribution in [0.15, 0.2) is 23.1 Å². The lowest BCUT2D eigenvalue weighted by molar-refractivity contribution is 0.289. The zero-order valence-electron chi connectivity index (χ0n) is 12.7. The lowest BCUT2D eigenvalue weighted by Gasteiger charge is -2.25. The molecule has 116 valence electrons. The van der Waals surface area contributed by atoms with E-state index in [-0.39, 0.29) is 21.4 Å². The summed E-state index contributed by atoms with van der Waals surface area (Å²) < 4.78 is 27.3. The Bertz CT molecular complexity index is 626. The standard InChI is InChI=1S/C15H21ClN2O2S/c1-10(2)13(11(3)4)9-18-21(19,20)15-7-12(8-17)5-6-14(15)16/h5-7,10-11,13,18H,9H2,1-4H3. The van der Waals surface area contributed by atoms with Crippen molar-refractivity contribution in [1.82, 2.24) is 4.72 Å². The Morgan fingerprint density at radius 1 is 1.24 bits per heavy atom. The van der Waals surface area contributed by atoms with Crippen LogP contribution < -0.4 is 4.72 Å². The van der Waals surface area contributed by atoms with Crippen LogP contribution in [0.2, 0.25) is 5.02 Å². The molecule has 0 radical (unpaired) electrons. The average molecular weight is 329 g/mol. The molecular formula is C15H21ClN2O2S. The van der Waals surface area contributed by atoms with Crippen molar-refractivity contribution in [3.05, 3.63) is 28.8 Å². The molecule has 21 heavy (non-hydrogen) atoms. The van der Waals surface area contributed by atoms with Crippen LogP contribution in [0, 0.1) is 29.1 Å². The van der Waals surface area contributed by atoms with Crippen molar-refractivity contribution in [3.63, 3.8) is 0 Å². The largest absolute Gasteiger partial charge is 0.242 e. The summed E-state index contributed by atoms with van der Waals surface area (Å²) in [6.07, 6.45) is 0. The van der Waals surface area contributed by atoms with Crippen LogP contribution in [0.4, 0.5) is 0 Å². The number of nitrogens with one attached hydrogen (secondary N) is 1. The summed E-state index contributed by atoms with van der Waals surface area (Å²) >= 11 is 5.95. The smallest absolute Gasteiger partial charge is 0.211 e. The van der Waals surface area contributed by atoms with E-state index in [1.807, 2.05) is 6.07 Å². The molecule has 1 rings (SSSR count). The number of rotatable bonds is 6. The number of sulfonamides is 1. The van der Waals surface area contributed by atoms with Crippen LogP contribution in [0.1, 0.15) is 33.3 Å². The summed E-state index contributed by atoms with van der Waals surface area (Å²) in [6, 6.07) is 6.13. The van der Waals surface area contributed by atoms with E-state index >= 15 is 0 Å². The molecule has 0 amide bonds. The molecule has 1 aromatic rings. The highest BCUT2D eigenvalue weighted by atomic mass is 35.5. The van der Waals surface area contributed by atoms with Gasteiger partial charge in [-0.3, -0.25) is 0 Å². The van der Waals surface area contributed by atoms with Crippen LogP contribution in [-0.2, 0) is 10.0 Å². The average Bonchev–Trinajstić information content (AvgIpc) is 2.38. The molecule has 0 bridgehead atoms. The van der Waals surface area contributed by atoms with Gasteiger partial charge < -0.3 is 0 Å². The lowest BCUT2D eigenvalue weighted by Crippen LogP contribution is -2.34. The molecule has 0 aliphatic heterocycles. The van der Waals surface area contributed by atoms with Crippen LogP contribution in [-0.4, -0.2) is 15.0 Å². The fraction of sp³-hybridized carbons (Fsp3) is 0.533. The second-order valence-electron chi connectivity index (χ2n) is 5.76. The highest BCUT2D eigenvalue weighted by molar-refractivity contribution is 7.89. The predicted molar refractivity (Wildman–Crippen MR) is 84.5 cm³/mol. The van der Waals surface area contributed by atoms with Gasteiger partial charge in [0.25, 0.3) is 0 Å². The van der Waals surface area contributed by atoms with E-state index < -0.39 is 10.0 Å². The molecule has 0 saturated heterocycles. The lowest BCUT2D eigenvalue weighted by atomic mass is 9.86. The summed E-state index contributed by atoms with van der Waals surface area (Å²) in [4.78, 5) is -0.0468. The topological polar surface area (TPSA) is 70.0 Å². The first-order valence-electron chi connectivity index (χ1n) is 6.88. The van der Waals surface area contributed by atoms with E-state index in [0.717, 1.165) is 0 Å². The molecular weight excluding hydrogens is 308 g/mol. The summed E-state index contributed by atoms with van der Waals surface area (Å²) in [6.45, 7) is 8.64. The van der Waals surface area contributed by atoms with Crippen molar-refractivity contribution in [3.8, 4) is 6.07 Å². The Hall–Kier alpha value is -1.09. The normalized spacial score (nSPS) is 12.1. The number of halogens is 1. The minimum Gasteiger partial charge on any atom is -0.211 e. The maximum atomic E-state index is 12.4. The Morgan fingerprint density at radius 3 is 2.29 bits per heavy atom. The van der Waals surface area contributed by atoms with Crippen molar-refractivity contribution >= 4 is 21.6 Å². The molecule has 1 N–H and O–H groups in total. The van der Waals surface area contributed by atoms with Gasteiger partial charge in [0.15, 0.2) is 0 Å². The molecule has 4 nitrogen and oxygen atoms in total. The van der Waals surface area contributed by atoms with Gasteiger partial charge in [0.05, 0.1) is 16.7 Å². The number of hydrogen-bond acceptors (Lipinski definition) is 3. The third-order valence-corrected chi connectivity index (χ3v) is 5.48. The first-order chi connectivity index (χ1) is 9.69. The molecule has 1 aromatic carbocycles. The number of nitrogens with zero attached hydrogens (tertiary/aromatic N) is 1. The van der Waals surface area contributed by atoms with Gasteiger partial charge in [0.1, 0.15) is 4.90 Å². The van der Waals surface area contributed by atoms with E-state index in [1.165, 1.54) is 18.2 Å². The minimum absolute atomic E-state index is 0.0468. The van der Waals surface area contributed by atoms with Crippen molar-refractivity contribution in [2.75, 3.05) is 6.54 Å². The predicted octanol–water partition coefficient (Wildman–Crippen LogP) is 3.42. The van der Waals surface area contributed by atoms with Gasteiger partial charge in [0, 0.05) is 6.54 Å². The van der Waals surface area contributed by atoms with Gasteiger partial charge in [-0.25, -0.2) is 13.1 Å². The minimum atomic E-state index is -3.72. The van der Waals surface area contributed by atoms with Crippen molar-refractivity contribution < 1.29 is 8.42 Å². The summed E-state index contributed by atoms with van der Waals surface area (Å²) in [7, 11) is -3.72. The highest BCUT2D eigenvalue weighted by Crippen LogP contribution is 2.24. The van der Waals surface area contributed by atoms with E-state index in [1.54, 1.807) is 0 Å². The molecule has 0 aliphatic rings. The van der Waals surface area contributed by atoms with Gasteiger partial charge in [-0.05, 0) is 36.0 Å². The third-order valence-electron chi connectivity index (χ3n) is 3.57. The molecule has 0 fully saturated rings. The quantitative estimate of drug-likeness (QED) is 0.869. The second-order valence-corrected chi connectivity index (χ2v) is 7.90. The fourth-order valence-corrected chi connectivity index (χ4v) is 3.90. The molecule has 0 atom stereocenters. The van der Waals surface area contributed by atoms with Gasteiger partial charge >= 0.3 is 0 Å². The van der Waals surface area contributed by atoms with Crippen LogP contribution >= 0.6 is 11.6 Å². The highest BCUT2D eigenvalue weighted by Gasteiger charge is 2.23. The molecule has 0 saturated carbocycles. The molecule has 6 heteroatoms. The zero-order valence-corrected chi connectivity index (χ0v) is 14.3. The maximum Gasteiger partial charge on any atom is 0.242 e. The van der Waals surface area contributed by atoms with Crippen LogP contribution in [0.5, 0.6) is 0 Å². The molecule has 0 unspecified atom stereocenters.